The van der Waals surface area contributed by atoms with Gasteiger partial charge in [0.2, 0.25) is 0 Å². The van der Waals surface area contributed by atoms with Crippen LogP contribution in [-0.2, 0) is 6.54 Å². The fourth-order valence-corrected chi connectivity index (χ4v) is 2.59. The monoisotopic (exact) mass is 278 g/mol. The molecular formula is C14H23BN2O3. The Morgan fingerprint density at radius 1 is 1.35 bits per heavy atom. The Balaban J connectivity index is 2.13. The van der Waals surface area contributed by atoms with Gasteiger partial charge in [-0.15, -0.1) is 0 Å². The number of likely N-dealkylation sites (N-methyl/N-ethyl adjacent to an activating group) is 1. The molecule has 1 heterocycles. The van der Waals surface area contributed by atoms with E-state index in [4.69, 9.17) is 4.74 Å². The molecule has 2 N–H and O–H groups in total. The van der Waals surface area contributed by atoms with Gasteiger partial charge in [-0.1, -0.05) is 12.1 Å². The Bertz CT molecular complexity index is 456. The second-order valence-corrected chi connectivity index (χ2v) is 5.51. The molecule has 0 saturated carbocycles. The van der Waals surface area contributed by atoms with Gasteiger partial charge in [0.25, 0.3) is 0 Å². The van der Waals surface area contributed by atoms with Crippen LogP contribution in [0.1, 0.15) is 12.5 Å². The predicted octanol–water partition coefficient (Wildman–Crippen LogP) is -0.489. The van der Waals surface area contributed by atoms with Crippen molar-refractivity contribution in [3.8, 4) is 5.75 Å². The number of hydrogen-bond donors (Lipinski definition) is 2. The second-order valence-electron chi connectivity index (χ2n) is 5.51. The van der Waals surface area contributed by atoms with Crippen LogP contribution < -0.4 is 10.2 Å². The SMILES string of the molecule is COc1ccc(B(O)O)cc1CN1CCN(C)C(C)C1. The van der Waals surface area contributed by atoms with Crippen LogP contribution in [0.25, 0.3) is 0 Å². The number of methoxy groups -OCH3 is 1. The highest BCUT2D eigenvalue weighted by Gasteiger charge is 2.22. The molecule has 0 amide bonds. The number of piperazine rings is 1. The number of ether oxygens (including phenoxy) is 1. The van der Waals surface area contributed by atoms with Crippen LogP contribution >= 0.6 is 0 Å². The van der Waals surface area contributed by atoms with Crippen molar-refractivity contribution in [2.45, 2.75) is 19.5 Å². The average molecular weight is 278 g/mol. The molecule has 0 aliphatic carbocycles. The van der Waals surface area contributed by atoms with Gasteiger partial charge in [0.15, 0.2) is 0 Å². The minimum atomic E-state index is -1.44. The van der Waals surface area contributed by atoms with Gasteiger partial charge >= 0.3 is 7.12 Å². The van der Waals surface area contributed by atoms with E-state index in [-0.39, 0.29) is 0 Å². The summed E-state index contributed by atoms with van der Waals surface area (Å²) < 4.78 is 5.37. The van der Waals surface area contributed by atoms with E-state index in [0.29, 0.717) is 11.5 Å². The van der Waals surface area contributed by atoms with Crippen LogP contribution in [0.5, 0.6) is 5.75 Å². The third kappa shape index (κ3) is 3.52. The van der Waals surface area contributed by atoms with Crippen LogP contribution in [-0.4, -0.2) is 66.8 Å². The summed E-state index contributed by atoms with van der Waals surface area (Å²) in [6, 6.07) is 5.82. The molecule has 1 unspecified atom stereocenters. The summed E-state index contributed by atoms with van der Waals surface area (Å²) in [5.41, 5.74) is 1.50. The van der Waals surface area contributed by atoms with Crippen molar-refractivity contribution >= 4 is 12.6 Å². The molecule has 1 saturated heterocycles. The summed E-state index contributed by atoms with van der Waals surface area (Å²) in [4.78, 5) is 4.72. The largest absolute Gasteiger partial charge is 0.496 e. The number of benzene rings is 1. The van der Waals surface area contributed by atoms with E-state index in [1.807, 2.05) is 6.07 Å². The summed E-state index contributed by atoms with van der Waals surface area (Å²) in [5.74, 6) is 0.793. The molecule has 1 aliphatic rings. The molecule has 0 radical (unpaired) electrons. The molecule has 20 heavy (non-hydrogen) atoms. The van der Waals surface area contributed by atoms with Crippen molar-refractivity contribution in [1.82, 2.24) is 9.80 Å². The maximum atomic E-state index is 9.29. The zero-order chi connectivity index (χ0) is 14.7. The van der Waals surface area contributed by atoms with Crippen LogP contribution in [0, 0.1) is 0 Å². The van der Waals surface area contributed by atoms with Gasteiger partial charge in [-0.2, -0.15) is 0 Å². The molecule has 1 aromatic rings. The molecule has 110 valence electrons. The molecule has 0 spiro atoms. The summed E-state index contributed by atoms with van der Waals surface area (Å²) in [7, 11) is 2.34. The van der Waals surface area contributed by atoms with Gasteiger partial charge in [-0.25, -0.2) is 0 Å². The van der Waals surface area contributed by atoms with E-state index in [9.17, 15) is 10.0 Å². The lowest BCUT2D eigenvalue weighted by molar-refractivity contribution is 0.0993. The number of rotatable bonds is 4. The Morgan fingerprint density at radius 2 is 2.10 bits per heavy atom. The topological polar surface area (TPSA) is 56.2 Å². The summed E-state index contributed by atoms with van der Waals surface area (Å²) in [6.45, 7) is 6.05. The minimum absolute atomic E-state index is 0.503. The number of nitrogens with zero attached hydrogens (tertiary/aromatic N) is 2. The first kappa shape index (κ1) is 15.3. The third-order valence-corrected chi connectivity index (χ3v) is 4.04. The van der Waals surface area contributed by atoms with E-state index >= 15 is 0 Å². The van der Waals surface area contributed by atoms with Gasteiger partial charge in [-0.05, 0) is 25.5 Å². The molecule has 0 aromatic heterocycles. The van der Waals surface area contributed by atoms with Crippen molar-refractivity contribution in [2.24, 2.45) is 0 Å². The first-order valence-electron chi connectivity index (χ1n) is 6.96. The molecule has 2 rings (SSSR count). The Morgan fingerprint density at radius 3 is 2.70 bits per heavy atom. The third-order valence-electron chi connectivity index (χ3n) is 4.04. The maximum Gasteiger partial charge on any atom is 0.488 e. The van der Waals surface area contributed by atoms with Gasteiger partial charge in [-0.3, -0.25) is 4.90 Å². The molecule has 1 atom stereocenters. The van der Waals surface area contributed by atoms with Crippen LogP contribution in [0.4, 0.5) is 0 Å². The van der Waals surface area contributed by atoms with E-state index in [2.05, 4.69) is 23.8 Å². The fraction of sp³-hybridized carbons (Fsp3) is 0.571. The van der Waals surface area contributed by atoms with Gasteiger partial charge in [0, 0.05) is 37.8 Å². The zero-order valence-electron chi connectivity index (χ0n) is 12.4. The second kappa shape index (κ2) is 6.58. The lowest BCUT2D eigenvalue weighted by atomic mass is 9.79. The lowest BCUT2D eigenvalue weighted by Crippen LogP contribution is -2.49. The Hall–Kier alpha value is -1.08. The van der Waals surface area contributed by atoms with Crippen molar-refractivity contribution in [3.63, 3.8) is 0 Å². The summed E-state index contributed by atoms with van der Waals surface area (Å²) >= 11 is 0. The van der Waals surface area contributed by atoms with Gasteiger partial charge in [0.05, 0.1) is 7.11 Å². The highest BCUT2D eigenvalue weighted by atomic mass is 16.5. The highest BCUT2D eigenvalue weighted by molar-refractivity contribution is 6.58. The van der Waals surface area contributed by atoms with Crippen LogP contribution in [0.15, 0.2) is 18.2 Å². The highest BCUT2D eigenvalue weighted by Crippen LogP contribution is 2.20. The normalized spacial score (nSPS) is 20.9. The maximum absolute atomic E-state index is 9.29. The van der Waals surface area contributed by atoms with Crippen LogP contribution in [0.2, 0.25) is 0 Å². The first-order valence-corrected chi connectivity index (χ1v) is 6.96. The first-order chi connectivity index (χ1) is 9.51. The van der Waals surface area contributed by atoms with E-state index in [1.165, 1.54) is 0 Å². The van der Waals surface area contributed by atoms with Crippen molar-refractivity contribution < 1.29 is 14.8 Å². The lowest BCUT2D eigenvalue weighted by Gasteiger charge is -2.37. The molecule has 1 aliphatic heterocycles. The average Bonchev–Trinajstić information content (AvgIpc) is 2.42. The van der Waals surface area contributed by atoms with Crippen LogP contribution in [0.3, 0.4) is 0 Å². The quantitative estimate of drug-likeness (QED) is 0.728. The van der Waals surface area contributed by atoms with E-state index < -0.39 is 7.12 Å². The van der Waals surface area contributed by atoms with Gasteiger partial charge in [0.1, 0.15) is 5.75 Å². The molecule has 6 heteroatoms. The molecule has 0 bridgehead atoms. The van der Waals surface area contributed by atoms with Gasteiger partial charge < -0.3 is 19.7 Å². The van der Waals surface area contributed by atoms with Crippen molar-refractivity contribution in [2.75, 3.05) is 33.8 Å². The molecule has 1 fully saturated rings. The molecular weight excluding hydrogens is 255 g/mol. The minimum Gasteiger partial charge on any atom is -0.496 e. The standard InChI is InChI=1S/C14H23BN2O3/c1-11-9-17(7-6-16(11)2)10-12-8-13(15(18)19)4-5-14(12)20-3/h4-5,8,11,18-19H,6-7,9-10H2,1-3H3. The molecule has 5 nitrogen and oxygen atoms in total. The predicted molar refractivity (Wildman–Crippen MR) is 80.2 cm³/mol. The van der Waals surface area contributed by atoms with E-state index in [0.717, 1.165) is 37.5 Å². The summed E-state index contributed by atoms with van der Waals surface area (Å²) in [6.07, 6.45) is 0. The molecule has 1 aromatic carbocycles. The fourth-order valence-electron chi connectivity index (χ4n) is 2.59. The van der Waals surface area contributed by atoms with Crippen molar-refractivity contribution in [1.29, 1.82) is 0 Å². The Labute approximate surface area is 120 Å². The summed E-state index contributed by atoms with van der Waals surface area (Å²) in [5, 5.41) is 18.6. The number of hydrogen-bond acceptors (Lipinski definition) is 5. The van der Waals surface area contributed by atoms with E-state index in [1.54, 1.807) is 19.2 Å². The zero-order valence-corrected chi connectivity index (χ0v) is 12.4. The Kier molecular flexibility index (Phi) is 5.04. The smallest absolute Gasteiger partial charge is 0.488 e. The van der Waals surface area contributed by atoms with Crippen molar-refractivity contribution in [3.05, 3.63) is 23.8 Å².